The number of carboxylic acids is 1. The fourth-order valence-corrected chi connectivity index (χ4v) is 10.7. The number of carbonyl (C=O) groups excluding carboxylic acids is 1. The molecule has 49 heavy (non-hydrogen) atoms. The van der Waals surface area contributed by atoms with E-state index >= 15 is 0 Å². The fourth-order valence-electron chi connectivity index (χ4n) is 7.06. The number of aliphatic imine (C=N–C) groups is 1. The van der Waals surface area contributed by atoms with E-state index in [9.17, 15) is 27.5 Å². The maximum absolute atomic E-state index is 14.7. The van der Waals surface area contributed by atoms with Gasteiger partial charge in [0.2, 0.25) is 10.0 Å². The molecule has 3 aliphatic heterocycles. The van der Waals surface area contributed by atoms with Crippen LogP contribution < -0.4 is 5.32 Å². The molecule has 4 aliphatic rings. The molecule has 1 saturated carbocycles. The molecule has 0 radical (unpaired) electrons. The maximum Gasteiger partial charge on any atom is 0.335 e. The second kappa shape index (κ2) is 13.6. The van der Waals surface area contributed by atoms with Crippen molar-refractivity contribution in [2.45, 2.75) is 75.8 Å². The van der Waals surface area contributed by atoms with Crippen molar-refractivity contribution in [3.63, 3.8) is 0 Å². The number of aromatic nitrogens is 1. The summed E-state index contributed by atoms with van der Waals surface area (Å²) in [6.07, 6.45) is 1.63. The maximum atomic E-state index is 14.7. The van der Waals surface area contributed by atoms with E-state index in [-0.39, 0.29) is 50.1 Å². The lowest BCUT2D eigenvalue weighted by molar-refractivity contribution is -0.159. The number of nitrogens with zero attached hydrogens (tertiary/aromatic N) is 4. The average molecular weight is 734 g/mol. The number of aliphatic carboxylic acids is 1. The summed E-state index contributed by atoms with van der Waals surface area (Å²) in [5, 5.41) is 15.4. The zero-order chi connectivity index (χ0) is 35.3. The molecule has 0 bridgehead atoms. The van der Waals surface area contributed by atoms with Gasteiger partial charge in [-0.1, -0.05) is 31.8 Å². The smallest absolute Gasteiger partial charge is 0.335 e. The minimum Gasteiger partial charge on any atom is -0.478 e. The van der Waals surface area contributed by atoms with Gasteiger partial charge in [0.05, 0.1) is 41.6 Å². The fraction of sp³-hybridized carbons (Fsp3) is 0.576. The highest BCUT2D eigenvalue weighted by molar-refractivity contribution is 7.89. The number of nitrogens with one attached hydrogen (secondary N) is 1. The number of hydrogen-bond donors (Lipinski definition) is 2. The Balaban J connectivity index is 1.20. The molecule has 0 spiro atoms. The van der Waals surface area contributed by atoms with Crippen molar-refractivity contribution in [2.24, 2.45) is 10.4 Å². The van der Waals surface area contributed by atoms with Gasteiger partial charge in [0, 0.05) is 51.5 Å². The Bertz CT molecular complexity index is 1770. The summed E-state index contributed by atoms with van der Waals surface area (Å²) in [5.74, 6) is -1.60. The monoisotopic (exact) mass is 733 g/mol. The zero-order valence-electron chi connectivity index (χ0n) is 28.4. The van der Waals surface area contributed by atoms with Crippen molar-refractivity contribution >= 4 is 47.2 Å². The number of morpholine rings is 1. The Kier molecular flexibility index (Phi) is 9.93. The molecule has 2 N–H and O–H groups in total. The van der Waals surface area contributed by atoms with Crippen LogP contribution in [0.5, 0.6) is 0 Å². The normalized spacial score (nSPS) is 28.0. The van der Waals surface area contributed by atoms with Crippen molar-refractivity contribution in [1.82, 2.24) is 19.5 Å². The first kappa shape index (κ1) is 35.8. The van der Waals surface area contributed by atoms with Crippen LogP contribution in [0.15, 0.2) is 46.0 Å². The number of amidine groups is 1. The predicted octanol–water partition coefficient (Wildman–Crippen LogP) is 3.79. The molecule has 12 nitrogen and oxygen atoms in total. The summed E-state index contributed by atoms with van der Waals surface area (Å²) in [5.41, 5.74) is 0.294. The van der Waals surface area contributed by atoms with Gasteiger partial charge in [-0.15, -0.1) is 11.3 Å². The molecule has 1 aromatic carbocycles. The number of carboxylic acid groups (broad SMARTS) is 1. The number of halogens is 1. The number of ether oxygens (including phenoxy) is 2. The quantitative estimate of drug-likeness (QED) is 0.258. The minimum absolute atomic E-state index is 0.00925. The number of rotatable bonds is 11. The summed E-state index contributed by atoms with van der Waals surface area (Å²) >= 11 is 1.34. The van der Waals surface area contributed by atoms with Crippen molar-refractivity contribution < 1.29 is 37.0 Å². The number of esters is 1. The van der Waals surface area contributed by atoms with Gasteiger partial charge < -0.3 is 19.9 Å². The molecule has 2 saturated heterocycles. The number of fused-ring (bicyclic) bond motifs is 1. The van der Waals surface area contributed by atoms with E-state index in [1.807, 2.05) is 0 Å². The first-order chi connectivity index (χ1) is 23.1. The lowest BCUT2D eigenvalue weighted by atomic mass is 9.70. The van der Waals surface area contributed by atoms with Gasteiger partial charge in [-0.05, 0) is 49.9 Å². The topological polar surface area (TPSA) is 151 Å². The first-order valence-corrected chi connectivity index (χ1v) is 22.6. The minimum atomic E-state index is -3.74. The third-order valence-electron chi connectivity index (χ3n) is 10.1. The van der Waals surface area contributed by atoms with Crippen molar-refractivity contribution in [3.8, 4) is 0 Å². The van der Waals surface area contributed by atoms with Gasteiger partial charge in [-0.3, -0.25) is 14.7 Å². The van der Waals surface area contributed by atoms with Gasteiger partial charge in [-0.2, -0.15) is 4.31 Å². The largest absolute Gasteiger partial charge is 0.478 e. The van der Waals surface area contributed by atoms with E-state index in [2.05, 4.69) is 34.8 Å². The third-order valence-corrected chi connectivity index (χ3v) is 14.7. The van der Waals surface area contributed by atoms with Gasteiger partial charge in [0.1, 0.15) is 11.9 Å². The highest BCUT2D eigenvalue weighted by Crippen LogP contribution is 2.47. The zero-order valence-corrected chi connectivity index (χ0v) is 31.1. The van der Waals surface area contributed by atoms with Gasteiger partial charge >= 0.3 is 11.9 Å². The van der Waals surface area contributed by atoms with Crippen LogP contribution in [-0.2, 0) is 29.1 Å². The summed E-state index contributed by atoms with van der Waals surface area (Å²) in [4.78, 5) is 36.9. The third kappa shape index (κ3) is 7.26. The van der Waals surface area contributed by atoms with Crippen LogP contribution in [0.3, 0.4) is 0 Å². The van der Waals surface area contributed by atoms with Crippen LogP contribution in [-0.4, -0.2) is 110 Å². The molecule has 4 heterocycles. The molecule has 16 heteroatoms. The number of thiazole rings is 1. The van der Waals surface area contributed by atoms with Crippen molar-refractivity contribution in [2.75, 3.05) is 39.4 Å². The summed E-state index contributed by atoms with van der Waals surface area (Å²) in [7, 11) is -5.11. The summed E-state index contributed by atoms with van der Waals surface area (Å²) in [6, 6.07) is 4.09. The second-order valence-corrected chi connectivity index (χ2v) is 23.6. The van der Waals surface area contributed by atoms with E-state index in [1.165, 1.54) is 21.7 Å². The highest BCUT2D eigenvalue weighted by Gasteiger charge is 2.56. The van der Waals surface area contributed by atoms with Crippen molar-refractivity contribution in [3.05, 3.63) is 63.0 Å². The molecular weight excluding hydrogens is 690 g/mol. The molecule has 266 valence electrons. The molecule has 3 unspecified atom stereocenters. The molecule has 2 aromatic rings. The molecule has 6 rings (SSSR count). The highest BCUT2D eigenvalue weighted by atomic mass is 32.2. The van der Waals surface area contributed by atoms with Crippen molar-refractivity contribution in [1.29, 1.82) is 0 Å². The molecule has 3 fully saturated rings. The number of benzene rings is 1. The first-order valence-electron chi connectivity index (χ1n) is 16.6. The standard InChI is InChI=1S/C33H44FN5O7S2Si/c1-20-22(7-6-8-23(20)34)28-27(31(40)41)24(36-29(37-28)30-35-9-13-47-30)17-38-10-11-45-26-19-39(18-25(26)38)48(43,44)21-15-33(2,16-21)32(42)46-12-14-49(3,4)5/h6-9,13,21,25-26,28H,10-12,14-19H2,1-5H3,(H,36,37)(H,40,41). The molecule has 1 aliphatic carbocycles. The molecule has 3 atom stereocenters. The van der Waals surface area contributed by atoms with Crippen LogP contribution in [0.1, 0.15) is 41.9 Å². The van der Waals surface area contributed by atoms with E-state index < -0.39 is 52.7 Å². The predicted molar refractivity (Wildman–Crippen MR) is 186 cm³/mol. The summed E-state index contributed by atoms with van der Waals surface area (Å²) < 4.78 is 55.5. The van der Waals surface area contributed by atoms with Crippen LogP contribution in [0, 0.1) is 18.2 Å². The van der Waals surface area contributed by atoms with Gasteiger partial charge in [-0.25, -0.2) is 22.6 Å². The molecular formula is C33H44FN5O7S2Si. The van der Waals surface area contributed by atoms with Gasteiger partial charge in [0.15, 0.2) is 10.8 Å². The van der Waals surface area contributed by atoms with Crippen LogP contribution in [0.2, 0.25) is 25.7 Å². The Hall–Kier alpha value is -3.02. The van der Waals surface area contributed by atoms with E-state index in [4.69, 9.17) is 14.5 Å². The van der Waals surface area contributed by atoms with E-state index in [1.54, 1.807) is 37.6 Å². The van der Waals surface area contributed by atoms with E-state index in [0.29, 0.717) is 47.4 Å². The Morgan fingerprint density at radius 2 is 2.00 bits per heavy atom. The Morgan fingerprint density at radius 1 is 1.24 bits per heavy atom. The van der Waals surface area contributed by atoms with Gasteiger partial charge in [0.25, 0.3) is 0 Å². The van der Waals surface area contributed by atoms with Crippen LogP contribution >= 0.6 is 11.3 Å². The molecule has 0 amide bonds. The number of hydrogen-bond acceptors (Lipinski definition) is 11. The summed E-state index contributed by atoms with van der Waals surface area (Å²) in [6.45, 7) is 11.7. The Labute approximate surface area is 291 Å². The van der Waals surface area contributed by atoms with E-state index in [0.717, 1.165) is 6.04 Å². The lowest BCUT2D eigenvalue weighted by Gasteiger charge is -2.43. The van der Waals surface area contributed by atoms with Crippen LogP contribution in [0.4, 0.5) is 4.39 Å². The van der Waals surface area contributed by atoms with Crippen LogP contribution in [0.25, 0.3) is 0 Å². The SMILES string of the molecule is Cc1c(F)cccc1C1N=C(c2nccs2)NC(CN2CCOC3CN(S(=O)(=O)C4CC(C)(C(=O)OCC[Si](C)(C)C)C4)CC32)=C1C(=O)O. The number of carbonyl (C=O) groups is 2. The number of sulfonamides is 1. The Morgan fingerprint density at radius 3 is 2.67 bits per heavy atom. The lowest BCUT2D eigenvalue weighted by Crippen LogP contribution is -2.53. The average Bonchev–Trinajstić information content (AvgIpc) is 3.71. The second-order valence-electron chi connectivity index (χ2n) is 14.8. The molecule has 1 aromatic heterocycles.